The lowest BCUT2D eigenvalue weighted by Gasteiger charge is -2.46. The van der Waals surface area contributed by atoms with Crippen LogP contribution in [0.4, 0.5) is 21.0 Å². The number of hydroxylamine groups is 1. The zero-order valence-corrected chi connectivity index (χ0v) is 34.3. The molecular formula is C44H61N11O4. The van der Waals surface area contributed by atoms with E-state index in [2.05, 4.69) is 90.7 Å². The first kappa shape index (κ1) is 42.3. The molecule has 7 rings (SSSR count). The number of amides is 5. The first-order chi connectivity index (χ1) is 28.7. The summed E-state index contributed by atoms with van der Waals surface area (Å²) in [6.45, 7) is 5.11. The van der Waals surface area contributed by atoms with E-state index >= 15 is 0 Å². The predicted molar refractivity (Wildman–Crippen MR) is 233 cm³/mol. The first-order valence-electron chi connectivity index (χ1n) is 21.2. The summed E-state index contributed by atoms with van der Waals surface area (Å²) in [6, 6.07) is 25.6. The Morgan fingerprint density at radius 2 is 1.36 bits per heavy atom. The van der Waals surface area contributed by atoms with Gasteiger partial charge in [-0.15, -0.1) is 0 Å². The van der Waals surface area contributed by atoms with E-state index in [1.165, 1.54) is 38.5 Å². The minimum absolute atomic E-state index is 0.0218. The predicted octanol–water partition coefficient (Wildman–Crippen LogP) is 5.04. The molecule has 4 aromatic carbocycles. The molecule has 2 aliphatic heterocycles. The standard InChI is InChI=1S/C44H61N11O4/c1-27-22-37(46-21-20-38(56)45-3)51-41(47-27)53-43(57)50-36-19-17-31-15-14-29(23-34(31)25-36)26-59-55-40-39(32-11-6-4-5-7-12-32)28(2)48-42(52-40)54-44(58)49-35-18-16-30-10-8-9-13-33(30)24-35/h8-10,13-19,23-25,27-28,32,37,39-42,46-48,51-52,55H,4-7,11-12,20-22,26H2,1-3H3,(H,45,56)(H2,49,54,58)(H2,50,53,57). The summed E-state index contributed by atoms with van der Waals surface area (Å²) in [7, 11) is 1.63. The number of nitrogens with one attached hydrogen (secondary N) is 11. The van der Waals surface area contributed by atoms with Gasteiger partial charge in [0.15, 0.2) is 0 Å². The molecular weight excluding hydrogens is 747 g/mol. The normalized spacial score (nSPS) is 25.2. The summed E-state index contributed by atoms with van der Waals surface area (Å²) < 4.78 is 0. The van der Waals surface area contributed by atoms with Gasteiger partial charge in [0.1, 0.15) is 12.6 Å². The molecule has 15 nitrogen and oxygen atoms in total. The van der Waals surface area contributed by atoms with Gasteiger partial charge in [-0.25, -0.2) is 9.59 Å². The SMILES string of the molecule is CNC(=O)CCNC1CC(C)NC(NC(=O)Nc2ccc3ccc(CONC4NC(NC(=O)Nc5ccc6ccccc6c5)NC(C)C4C4CCCCCC4)cc3c2)N1. The molecule has 15 heteroatoms. The maximum atomic E-state index is 13.2. The molecule has 316 valence electrons. The largest absolute Gasteiger partial charge is 0.359 e. The summed E-state index contributed by atoms with van der Waals surface area (Å²) >= 11 is 0. The van der Waals surface area contributed by atoms with Crippen molar-refractivity contribution in [3.05, 3.63) is 84.4 Å². The molecule has 1 saturated carbocycles. The lowest BCUT2D eigenvalue weighted by atomic mass is 9.78. The second-order valence-electron chi connectivity index (χ2n) is 16.3. The summed E-state index contributed by atoms with van der Waals surface area (Å²) in [5.74, 6) is 0.729. The summed E-state index contributed by atoms with van der Waals surface area (Å²) in [4.78, 5) is 44.2. The van der Waals surface area contributed by atoms with Crippen LogP contribution in [0.1, 0.15) is 70.8 Å². The van der Waals surface area contributed by atoms with Gasteiger partial charge < -0.3 is 31.9 Å². The van der Waals surface area contributed by atoms with E-state index in [1.807, 2.05) is 60.7 Å². The van der Waals surface area contributed by atoms with Crippen LogP contribution in [0.5, 0.6) is 0 Å². The van der Waals surface area contributed by atoms with Crippen molar-refractivity contribution in [3.63, 3.8) is 0 Å². The van der Waals surface area contributed by atoms with Crippen molar-refractivity contribution in [2.45, 2.75) is 109 Å². The number of anilines is 2. The van der Waals surface area contributed by atoms with Gasteiger partial charge in [-0.05, 0) is 83.6 Å². The average molecular weight is 808 g/mol. The van der Waals surface area contributed by atoms with Crippen LogP contribution in [0.15, 0.2) is 78.9 Å². The van der Waals surface area contributed by atoms with Gasteiger partial charge in [0, 0.05) is 49.4 Å². The fourth-order valence-electron chi connectivity index (χ4n) is 8.85. The Bertz CT molecular complexity index is 2040. The van der Waals surface area contributed by atoms with Crippen molar-refractivity contribution >= 4 is 50.9 Å². The molecule has 59 heavy (non-hydrogen) atoms. The molecule has 7 atom stereocenters. The monoisotopic (exact) mass is 807 g/mol. The maximum absolute atomic E-state index is 13.2. The smallest absolute Gasteiger partial charge is 0.321 e. The Balaban J connectivity index is 0.944. The average Bonchev–Trinajstić information content (AvgIpc) is 3.49. The van der Waals surface area contributed by atoms with Crippen LogP contribution in [0.2, 0.25) is 0 Å². The van der Waals surface area contributed by atoms with Crippen LogP contribution in [0.25, 0.3) is 21.5 Å². The maximum Gasteiger partial charge on any atom is 0.321 e. The van der Waals surface area contributed by atoms with Crippen LogP contribution in [0.3, 0.4) is 0 Å². The molecule has 11 N–H and O–H groups in total. The van der Waals surface area contributed by atoms with Gasteiger partial charge in [0.2, 0.25) is 5.91 Å². The second kappa shape index (κ2) is 20.4. The van der Waals surface area contributed by atoms with Gasteiger partial charge in [-0.2, -0.15) is 5.48 Å². The van der Waals surface area contributed by atoms with Crippen LogP contribution >= 0.6 is 0 Å². The van der Waals surface area contributed by atoms with Crippen molar-refractivity contribution in [3.8, 4) is 0 Å². The van der Waals surface area contributed by atoms with E-state index in [0.29, 0.717) is 31.2 Å². The third-order valence-electron chi connectivity index (χ3n) is 11.8. The highest BCUT2D eigenvalue weighted by Crippen LogP contribution is 2.34. The van der Waals surface area contributed by atoms with Gasteiger partial charge >= 0.3 is 12.1 Å². The molecule has 3 fully saturated rings. The highest BCUT2D eigenvalue weighted by atomic mass is 16.6. The second-order valence-corrected chi connectivity index (χ2v) is 16.3. The molecule has 7 unspecified atom stereocenters. The van der Waals surface area contributed by atoms with Crippen LogP contribution in [0, 0.1) is 11.8 Å². The Hall–Kier alpha value is -4.87. The Labute approximate surface area is 346 Å². The lowest BCUT2D eigenvalue weighted by Crippen LogP contribution is -2.72. The third kappa shape index (κ3) is 11.9. The summed E-state index contributed by atoms with van der Waals surface area (Å²) in [5.41, 5.74) is 5.73. The van der Waals surface area contributed by atoms with E-state index in [4.69, 9.17) is 4.84 Å². The molecule has 0 radical (unpaired) electrons. The molecule has 2 heterocycles. The van der Waals surface area contributed by atoms with Crippen molar-refractivity contribution in [2.75, 3.05) is 24.2 Å². The molecule has 3 aliphatic rings. The quantitative estimate of drug-likeness (QED) is 0.0645. The van der Waals surface area contributed by atoms with E-state index in [0.717, 1.165) is 39.2 Å². The number of hydrogen-bond donors (Lipinski definition) is 11. The van der Waals surface area contributed by atoms with Crippen molar-refractivity contribution in [2.24, 2.45) is 11.8 Å². The topological polar surface area (TPSA) is 193 Å². The zero-order chi connectivity index (χ0) is 41.1. The number of urea groups is 2. The number of carbonyl (C=O) groups is 3. The van der Waals surface area contributed by atoms with Gasteiger partial charge in [-0.3, -0.25) is 30.9 Å². The van der Waals surface area contributed by atoms with Crippen LogP contribution < -0.4 is 58.6 Å². The third-order valence-corrected chi connectivity index (χ3v) is 11.8. The van der Waals surface area contributed by atoms with Gasteiger partial charge in [0.05, 0.1) is 18.9 Å². The van der Waals surface area contributed by atoms with Crippen LogP contribution in [-0.2, 0) is 16.2 Å². The summed E-state index contributed by atoms with van der Waals surface area (Å²) in [6.07, 6.45) is 7.30. The zero-order valence-electron chi connectivity index (χ0n) is 34.3. The van der Waals surface area contributed by atoms with E-state index in [-0.39, 0.29) is 48.3 Å². The molecule has 1 aliphatic carbocycles. The number of fused-ring (bicyclic) bond motifs is 2. The number of hydrogen-bond acceptors (Lipinski definition) is 10. The molecule has 4 aromatic rings. The van der Waals surface area contributed by atoms with Crippen molar-refractivity contribution in [1.82, 2.24) is 48.0 Å². The molecule has 0 spiro atoms. The number of benzene rings is 4. The number of carbonyl (C=O) groups excluding carboxylic acids is 3. The molecule has 5 amide bonds. The molecule has 0 bridgehead atoms. The van der Waals surface area contributed by atoms with Crippen molar-refractivity contribution in [1.29, 1.82) is 0 Å². The lowest BCUT2D eigenvalue weighted by molar-refractivity contribution is -0.120. The van der Waals surface area contributed by atoms with E-state index in [9.17, 15) is 14.4 Å². The Kier molecular flexibility index (Phi) is 14.6. The highest BCUT2D eigenvalue weighted by Gasteiger charge is 2.40. The fourth-order valence-corrected chi connectivity index (χ4v) is 8.85. The number of rotatable bonds is 13. The van der Waals surface area contributed by atoms with E-state index < -0.39 is 12.6 Å². The Morgan fingerprint density at radius 1 is 0.712 bits per heavy atom. The van der Waals surface area contributed by atoms with Gasteiger partial charge in [0.25, 0.3) is 0 Å². The Morgan fingerprint density at radius 3 is 2.07 bits per heavy atom. The minimum atomic E-state index is -0.483. The van der Waals surface area contributed by atoms with Gasteiger partial charge in [-0.1, -0.05) is 87.1 Å². The van der Waals surface area contributed by atoms with E-state index in [1.54, 1.807) is 7.05 Å². The molecule has 0 aromatic heterocycles. The van der Waals surface area contributed by atoms with Crippen LogP contribution in [-0.4, -0.2) is 68.6 Å². The molecule has 2 saturated heterocycles. The van der Waals surface area contributed by atoms with Crippen molar-refractivity contribution < 1.29 is 19.2 Å². The minimum Gasteiger partial charge on any atom is -0.359 e. The highest BCUT2D eigenvalue weighted by molar-refractivity contribution is 5.94. The summed E-state index contributed by atoms with van der Waals surface area (Å²) in [5, 5.41) is 36.1. The fraction of sp³-hybridized carbons (Fsp3) is 0.477. The first-order valence-corrected chi connectivity index (χ1v) is 21.2.